The molecule has 5 N–H and O–H groups in total. The maximum Gasteiger partial charge on any atom is 0.305 e. The summed E-state index contributed by atoms with van der Waals surface area (Å²) in [6.07, 6.45) is 4.31. The summed E-state index contributed by atoms with van der Waals surface area (Å²) in [4.78, 5) is 23.3. The molecule has 0 heterocycles. The third kappa shape index (κ3) is 11.8. The van der Waals surface area contributed by atoms with Crippen LogP contribution in [0.3, 0.4) is 0 Å². The summed E-state index contributed by atoms with van der Waals surface area (Å²) >= 11 is 3.53. The van der Waals surface area contributed by atoms with E-state index in [0.29, 0.717) is 12.0 Å². The number of aryl methyl sites for hydroxylation is 1. The lowest BCUT2D eigenvalue weighted by Gasteiger charge is -2.17. The lowest BCUT2D eigenvalue weighted by Crippen LogP contribution is -2.30. The van der Waals surface area contributed by atoms with E-state index in [4.69, 9.17) is 16.2 Å². The fourth-order valence-electron chi connectivity index (χ4n) is 2.84. The molecule has 0 spiro atoms. The van der Waals surface area contributed by atoms with Crippen LogP contribution in [-0.2, 0) is 16.0 Å². The van der Waals surface area contributed by atoms with E-state index in [1.807, 2.05) is 68.4 Å². The van der Waals surface area contributed by atoms with Crippen molar-refractivity contribution in [1.82, 2.24) is 5.32 Å². The molecule has 1 unspecified atom stereocenters. The largest absolute Gasteiger partial charge is 0.481 e. The lowest BCUT2D eigenvalue weighted by atomic mass is 10.0. The van der Waals surface area contributed by atoms with Crippen LogP contribution in [0, 0.1) is 5.41 Å². The predicted octanol–water partition coefficient (Wildman–Crippen LogP) is 4.59. The second kappa shape index (κ2) is 16.9. The molecule has 0 saturated heterocycles. The van der Waals surface area contributed by atoms with Crippen LogP contribution in [0.4, 0.5) is 0 Å². The molecule has 31 heavy (non-hydrogen) atoms. The minimum Gasteiger partial charge on any atom is -0.481 e. The summed E-state index contributed by atoms with van der Waals surface area (Å²) in [5.41, 5.74) is 8.05. The Kier molecular flexibility index (Phi) is 15.4. The zero-order chi connectivity index (χ0) is 23.6. The summed E-state index contributed by atoms with van der Waals surface area (Å²) in [6, 6.07) is 16.1. The predicted molar refractivity (Wildman–Crippen MR) is 131 cm³/mol. The fourth-order valence-corrected chi connectivity index (χ4v) is 2.84. The normalized spacial score (nSPS) is 10.5. The van der Waals surface area contributed by atoms with Gasteiger partial charge in [-0.3, -0.25) is 15.0 Å². The number of nitrogens with two attached hydrogens (primary N) is 1. The van der Waals surface area contributed by atoms with Crippen LogP contribution in [0.1, 0.15) is 62.3 Å². The van der Waals surface area contributed by atoms with Crippen molar-refractivity contribution in [1.29, 1.82) is 5.41 Å². The molecule has 0 aliphatic carbocycles. The molecule has 0 aliphatic rings. The molecule has 170 valence electrons. The SMILES string of the molecule is CC.CS.N=C(N)c1ccc(CCCCC(=O)NC(CC(=O)O)c2ccccc2)cc1. The Hall–Kier alpha value is -2.80. The number of unbranched alkanes of at least 4 members (excludes halogenated alkanes) is 1. The monoisotopic (exact) mass is 445 g/mol. The number of amidine groups is 1. The van der Waals surface area contributed by atoms with E-state index in [1.165, 1.54) is 0 Å². The Balaban J connectivity index is 0.00000212. The van der Waals surface area contributed by atoms with Crippen LogP contribution in [0.5, 0.6) is 0 Å². The topological polar surface area (TPSA) is 116 Å². The molecule has 1 amide bonds. The molecule has 0 aromatic heterocycles. The molecular formula is C24H35N3O3S. The number of hydrogen-bond donors (Lipinski definition) is 5. The van der Waals surface area contributed by atoms with Gasteiger partial charge in [0.05, 0.1) is 12.5 Å². The first-order valence-corrected chi connectivity index (χ1v) is 11.3. The maximum absolute atomic E-state index is 12.2. The van der Waals surface area contributed by atoms with E-state index in [-0.39, 0.29) is 18.2 Å². The molecule has 0 aliphatic heterocycles. The number of nitrogens with one attached hydrogen (secondary N) is 2. The lowest BCUT2D eigenvalue weighted by molar-refractivity contribution is -0.137. The summed E-state index contributed by atoms with van der Waals surface area (Å²) < 4.78 is 0. The van der Waals surface area contributed by atoms with Crippen molar-refractivity contribution >= 4 is 30.3 Å². The Morgan fingerprint density at radius 3 is 2.13 bits per heavy atom. The van der Waals surface area contributed by atoms with Gasteiger partial charge in [0.25, 0.3) is 0 Å². The second-order valence-electron chi connectivity index (χ2n) is 6.45. The first kappa shape index (κ1) is 28.2. The first-order chi connectivity index (χ1) is 15.0. The summed E-state index contributed by atoms with van der Waals surface area (Å²) in [7, 11) is 0. The number of carboxylic acid groups (broad SMARTS) is 1. The Morgan fingerprint density at radius 1 is 1.03 bits per heavy atom. The smallest absolute Gasteiger partial charge is 0.305 e. The summed E-state index contributed by atoms with van der Waals surface area (Å²) in [6.45, 7) is 4.00. The number of thiol groups is 1. The van der Waals surface area contributed by atoms with Crippen molar-refractivity contribution < 1.29 is 14.7 Å². The number of hydrogen-bond acceptors (Lipinski definition) is 4. The van der Waals surface area contributed by atoms with Crippen molar-refractivity contribution in [3.05, 3.63) is 71.3 Å². The van der Waals surface area contributed by atoms with Gasteiger partial charge in [-0.25, -0.2) is 0 Å². The quantitative estimate of drug-likeness (QED) is 0.159. The highest BCUT2D eigenvalue weighted by Gasteiger charge is 2.17. The molecule has 6 nitrogen and oxygen atoms in total. The second-order valence-corrected chi connectivity index (χ2v) is 6.45. The molecule has 1 atom stereocenters. The Labute approximate surface area is 191 Å². The highest BCUT2D eigenvalue weighted by molar-refractivity contribution is 7.79. The maximum atomic E-state index is 12.2. The molecule has 7 heteroatoms. The third-order valence-corrected chi connectivity index (χ3v) is 4.30. The number of benzene rings is 2. The zero-order valence-electron chi connectivity index (χ0n) is 18.6. The van der Waals surface area contributed by atoms with Gasteiger partial charge in [0, 0.05) is 12.0 Å². The van der Waals surface area contributed by atoms with Gasteiger partial charge in [0.15, 0.2) is 0 Å². The zero-order valence-corrected chi connectivity index (χ0v) is 19.5. The van der Waals surface area contributed by atoms with Crippen molar-refractivity contribution in [3.63, 3.8) is 0 Å². The van der Waals surface area contributed by atoms with Crippen LogP contribution in [0.25, 0.3) is 0 Å². The molecule has 2 aromatic carbocycles. The van der Waals surface area contributed by atoms with Crippen molar-refractivity contribution in [3.8, 4) is 0 Å². The van der Waals surface area contributed by atoms with E-state index >= 15 is 0 Å². The van der Waals surface area contributed by atoms with E-state index in [0.717, 1.165) is 30.4 Å². The van der Waals surface area contributed by atoms with Crippen molar-refractivity contribution in [2.24, 2.45) is 5.73 Å². The standard InChI is InChI=1S/C21H25N3O3.C2H6.CH4S/c22-21(23)17-12-10-15(11-13-17)6-4-5-9-19(25)24-18(14-20(26)27)16-7-2-1-3-8-16;2*1-2/h1-3,7-8,10-13,18H,4-6,9,14H2,(H3,22,23)(H,24,25)(H,26,27);1-2H3;2H,1H3. The molecule has 0 saturated carbocycles. The Bertz CT molecular complexity index is 780. The molecule has 2 rings (SSSR count). The number of carboxylic acids is 1. The Morgan fingerprint density at radius 2 is 1.61 bits per heavy atom. The molecule has 0 radical (unpaired) electrons. The number of aliphatic carboxylic acids is 1. The van der Waals surface area contributed by atoms with Crippen molar-refractivity contribution in [2.45, 2.75) is 52.0 Å². The summed E-state index contributed by atoms with van der Waals surface area (Å²) in [5.74, 6) is -1.04. The first-order valence-electron chi connectivity index (χ1n) is 10.4. The van der Waals surface area contributed by atoms with Crippen molar-refractivity contribution in [2.75, 3.05) is 6.26 Å². The number of carbonyl (C=O) groups excluding carboxylic acids is 1. The number of nitrogen functional groups attached to an aromatic ring is 1. The summed E-state index contributed by atoms with van der Waals surface area (Å²) in [5, 5.41) is 19.3. The van der Waals surface area contributed by atoms with Crippen LogP contribution in [0.2, 0.25) is 0 Å². The number of carbonyl (C=O) groups is 2. The van der Waals surface area contributed by atoms with Gasteiger partial charge in [-0.15, -0.1) is 0 Å². The molecule has 0 bridgehead atoms. The highest BCUT2D eigenvalue weighted by Crippen LogP contribution is 2.17. The third-order valence-electron chi connectivity index (χ3n) is 4.30. The van der Waals surface area contributed by atoms with E-state index < -0.39 is 12.0 Å². The van der Waals surface area contributed by atoms with Gasteiger partial charge in [-0.05, 0) is 36.6 Å². The van der Waals surface area contributed by atoms with E-state index in [2.05, 4.69) is 17.9 Å². The average Bonchev–Trinajstić information content (AvgIpc) is 2.79. The van der Waals surface area contributed by atoms with Gasteiger partial charge >= 0.3 is 5.97 Å². The fraction of sp³-hybridized carbons (Fsp3) is 0.375. The number of rotatable bonds is 10. The van der Waals surface area contributed by atoms with Crippen LogP contribution < -0.4 is 11.1 Å². The van der Waals surface area contributed by atoms with Gasteiger partial charge < -0.3 is 16.2 Å². The average molecular weight is 446 g/mol. The molecule has 0 fully saturated rings. The van der Waals surface area contributed by atoms with Gasteiger partial charge in [0.1, 0.15) is 5.84 Å². The minimum absolute atomic E-state index is 0.0487. The van der Waals surface area contributed by atoms with Crippen LogP contribution in [0.15, 0.2) is 54.6 Å². The number of amides is 1. The van der Waals surface area contributed by atoms with Gasteiger partial charge in [-0.2, -0.15) is 12.6 Å². The molecule has 2 aromatic rings. The van der Waals surface area contributed by atoms with E-state index in [9.17, 15) is 9.59 Å². The van der Waals surface area contributed by atoms with Crippen LogP contribution >= 0.6 is 12.6 Å². The van der Waals surface area contributed by atoms with Gasteiger partial charge in [0.2, 0.25) is 5.91 Å². The minimum atomic E-state index is -0.946. The highest BCUT2D eigenvalue weighted by atomic mass is 32.1. The van der Waals surface area contributed by atoms with Crippen LogP contribution in [-0.4, -0.2) is 29.1 Å². The van der Waals surface area contributed by atoms with Gasteiger partial charge in [-0.1, -0.05) is 68.4 Å². The van der Waals surface area contributed by atoms with E-state index in [1.54, 1.807) is 6.26 Å². The molecular weight excluding hydrogens is 410 g/mol.